The van der Waals surface area contributed by atoms with Gasteiger partial charge in [0.15, 0.2) is 0 Å². The zero-order valence-electron chi connectivity index (χ0n) is 8.99. The van der Waals surface area contributed by atoms with E-state index in [-0.39, 0.29) is 6.04 Å². The molecule has 3 nitrogen and oxygen atoms in total. The van der Waals surface area contributed by atoms with E-state index >= 15 is 0 Å². The summed E-state index contributed by atoms with van der Waals surface area (Å²) in [6.07, 6.45) is 1.71. The van der Waals surface area contributed by atoms with Crippen molar-refractivity contribution in [2.24, 2.45) is 12.8 Å². The highest BCUT2D eigenvalue weighted by Crippen LogP contribution is 2.31. The van der Waals surface area contributed by atoms with Crippen molar-refractivity contribution in [2.75, 3.05) is 0 Å². The Labute approximate surface area is 118 Å². The number of rotatable bonds is 2. The number of hydrogen-bond acceptors (Lipinski definition) is 2. The lowest BCUT2D eigenvalue weighted by molar-refractivity contribution is 0.671. The lowest BCUT2D eigenvalue weighted by Gasteiger charge is -2.15. The first-order valence-corrected chi connectivity index (χ1v) is 6.43. The first-order valence-electron chi connectivity index (χ1n) is 4.88. The van der Waals surface area contributed by atoms with Crippen molar-refractivity contribution >= 4 is 39.1 Å². The summed E-state index contributed by atoms with van der Waals surface area (Å²) in [7, 11) is 1.84. The topological polar surface area (TPSA) is 43.8 Å². The molecule has 0 spiro atoms. The molecule has 0 aliphatic rings. The van der Waals surface area contributed by atoms with Crippen molar-refractivity contribution in [2.45, 2.75) is 6.04 Å². The second-order valence-corrected chi connectivity index (χ2v) is 5.34. The maximum absolute atomic E-state index is 6.19. The zero-order valence-corrected chi connectivity index (χ0v) is 12.1. The standard InChI is InChI=1S/C11H10BrCl2N3/c1-17-11(8(12)5-16-17)10(15)7-3-2-6(13)4-9(7)14/h2-5,10H,15H2,1H3. The number of benzene rings is 1. The average Bonchev–Trinajstić information content (AvgIpc) is 2.58. The summed E-state index contributed by atoms with van der Waals surface area (Å²) < 4.78 is 2.58. The molecule has 0 aliphatic heterocycles. The average molecular weight is 335 g/mol. The molecule has 2 N–H and O–H groups in total. The van der Waals surface area contributed by atoms with Crippen LogP contribution in [0.4, 0.5) is 0 Å². The molecule has 0 amide bonds. The predicted molar refractivity (Wildman–Crippen MR) is 73.4 cm³/mol. The normalized spacial score (nSPS) is 12.8. The first-order chi connectivity index (χ1) is 8.00. The van der Waals surface area contributed by atoms with E-state index < -0.39 is 0 Å². The lowest BCUT2D eigenvalue weighted by atomic mass is 10.0. The van der Waals surface area contributed by atoms with Gasteiger partial charge in [0.1, 0.15) is 0 Å². The summed E-state index contributed by atoms with van der Waals surface area (Å²) in [6, 6.07) is 4.94. The molecule has 0 radical (unpaired) electrons. The van der Waals surface area contributed by atoms with Crippen LogP contribution in [0.25, 0.3) is 0 Å². The molecule has 0 saturated heterocycles. The van der Waals surface area contributed by atoms with Crippen LogP contribution in [0.5, 0.6) is 0 Å². The van der Waals surface area contributed by atoms with Gasteiger partial charge in [0.2, 0.25) is 0 Å². The van der Waals surface area contributed by atoms with Crippen LogP contribution in [0.15, 0.2) is 28.9 Å². The van der Waals surface area contributed by atoms with Crippen molar-refractivity contribution < 1.29 is 0 Å². The molecule has 0 saturated carbocycles. The van der Waals surface area contributed by atoms with Crippen LogP contribution in [0.2, 0.25) is 10.0 Å². The predicted octanol–water partition coefficient (Wildman–Crippen LogP) is 3.54. The van der Waals surface area contributed by atoms with Gasteiger partial charge in [0.25, 0.3) is 0 Å². The van der Waals surface area contributed by atoms with E-state index in [1.807, 2.05) is 13.1 Å². The van der Waals surface area contributed by atoms with Gasteiger partial charge in [-0.3, -0.25) is 4.68 Å². The minimum absolute atomic E-state index is 0.346. The summed E-state index contributed by atoms with van der Waals surface area (Å²) >= 11 is 15.4. The Bertz CT molecular complexity index is 534. The Morgan fingerprint density at radius 2 is 2.12 bits per heavy atom. The zero-order chi connectivity index (χ0) is 12.6. The van der Waals surface area contributed by atoms with Gasteiger partial charge in [-0.1, -0.05) is 29.3 Å². The number of aryl methyl sites for hydroxylation is 1. The van der Waals surface area contributed by atoms with Crippen LogP contribution in [0.1, 0.15) is 17.3 Å². The molecule has 0 fully saturated rings. The van der Waals surface area contributed by atoms with E-state index in [0.29, 0.717) is 10.0 Å². The lowest BCUT2D eigenvalue weighted by Crippen LogP contribution is -2.16. The third-order valence-corrected chi connectivity index (χ3v) is 3.70. The van der Waals surface area contributed by atoms with Gasteiger partial charge in [-0.05, 0) is 33.6 Å². The Kier molecular flexibility index (Phi) is 3.78. The molecule has 1 unspecified atom stereocenters. The fourth-order valence-corrected chi connectivity index (χ4v) is 2.79. The third kappa shape index (κ3) is 2.50. The summed E-state index contributed by atoms with van der Waals surface area (Å²) in [5, 5.41) is 5.28. The Balaban J connectivity index is 2.47. The first kappa shape index (κ1) is 12.9. The van der Waals surface area contributed by atoms with Crippen molar-refractivity contribution in [3.63, 3.8) is 0 Å². The highest BCUT2D eigenvalue weighted by Gasteiger charge is 2.19. The van der Waals surface area contributed by atoms with Gasteiger partial charge in [-0.25, -0.2) is 0 Å². The van der Waals surface area contributed by atoms with Crippen LogP contribution < -0.4 is 5.73 Å². The SMILES string of the molecule is Cn1ncc(Br)c1C(N)c1ccc(Cl)cc1Cl. The van der Waals surface area contributed by atoms with Crippen molar-refractivity contribution in [1.29, 1.82) is 0 Å². The molecular formula is C11H10BrCl2N3. The molecule has 0 aliphatic carbocycles. The molecule has 1 heterocycles. The third-order valence-electron chi connectivity index (χ3n) is 2.53. The Hall–Kier alpha value is -0.550. The molecule has 17 heavy (non-hydrogen) atoms. The maximum Gasteiger partial charge on any atom is 0.0749 e. The fourth-order valence-electron chi connectivity index (χ4n) is 1.67. The van der Waals surface area contributed by atoms with Gasteiger partial charge in [0, 0.05) is 17.1 Å². The highest BCUT2D eigenvalue weighted by molar-refractivity contribution is 9.10. The fraction of sp³-hybridized carbons (Fsp3) is 0.182. The molecular weight excluding hydrogens is 325 g/mol. The van der Waals surface area contributed by atoms with E-state index in [4.69, 9.17) is 28.9 Å². The minimum Gasteiger partial charge on any atom is -0.319 e. The van der Waals surface area contributed by atoms with E-state index in [1.165, 1.54) is 0 Å². The molecule has 1 aromatic carbocycles. The van der Waals surface area contributed by atoms with Crippen LogP contribution in [0.3, 0.4) is 0 Å². The molecule has 2 aromatic rings. The van der Waals surface area contributed by atoms with E-state index in [0.717, 1.165) is 15.7 Å². The van der Waals surface area contributed by atoms with Gasteiger partial charge >= 0.3 is 0 Å². The maximum atomic E-state index is 6.19. The number of halogens is 3. The summed E-state index contributed by atoms with van der Waals surface area (Å²) in [5.41, 5.74) is 7.88. The molecule has 0 bridgehead atoms. The molecule has 1 aromatic heterocycles. The van der Waals surface area contributed by atoms with Gasteiger partial charge < -0.3 is 5.73 Å². The minimum atomic E-state index is -0.346. The number of hydrogen-bond donors (Lipinski definition) is 1. The largest absolute Gasteiger partial charge is 0.319 e. The summed E-state index contributed by atoms with van der Waals surface area (Å²) in [4.78, 5) is 0. The molecule has 90 valence electrons. The highest BCUT2D eigenvalue weighted by atomic mass is 79.9. The van der Waals surface area contributed by atoms with E-state index in [1.54, 1.807) is 23.0 Å². The van der Waals surface area contributed by atoms with E-state index in [2.05, 4.69) is 21.0 Å². The van der Waals surface area contributed by atoms with Crippen molar-refractivity contribution in [3.05, 3.63) is 50.2 Å². The molecule has 1 atom stereocenters. The quantitative estimate of drug-likeness (QED) is 0.912. The van der Waals surface area contributed by atoms with Crippen LogP contribution in [-0.2, 0) is 7.05 Å². The van der Waals surface area contributed by atoms with Crippen LogP contribution >= 0.6 is 39.1 Å². The van der Waals surface area contributed by atoms with Crippen molar-refractivity contribution in [1.82, 2.24) is 9.78 Å². The van der Waals surface area contributed by atoms with Gasteiger partial charge in [-0.15, -0.1) is 0 Å². The van der Waals surface area contributed by atoms with Gasteiger partial charge in [-0.2, -0.15) is 5.10 Å². The summed E-state index contributed by atoms with van der Waals surface area (Å²) in [5.74, 6) is 0. The number of aromatic nitrogens is 2. The molecule has 6 heteroatoms. The van der Waals surface area contributed by atoms with E-state index in [9.17, 15) is 0 Å². The second-order valence-electron chi connectivity index (χ2n) is 3.64. The Morgan fingerprint density at radius 1 is 1.41 bits per heavy atom. The van der Waals surface area contributed by atoms with Crippen LogP contribution in [-0.4, -0.2) is 9.78 Å². The number of nitrogens with two attached hydrogens (primary N) is 1. The van der Waals surface area contributed by atoms with Crippen molar-refractivity contribution in [3.8, 4) is 0 Å². The Morgan fingerprint density at radius 3 is 2.65 bits per heavy atom. The van der Waals surface area contributed by atoms with Crippen LogP contribution in [0, 0.1) is 0 Å². The smallest absolute Gasteiger partial charge is 0.0749 e. The monoisotopic (exact) mass is 333 g/mol. The summed E-state index contributed by atoms with van der Waals surface area (Å²) in [6.45, 7) is 0. The second kappa shape index (κ2) is 4.98. The molecule has 2 rings (SSSR count). The van der Waals surface area contributed by atoms with Gasteiger partial charge in [0.05, 0.1) is 22.4 Å². The number of nitrogens with zero attached hydrogens (tertiary/aromatic N) is 2.